The van der Waals surface area contributed by atoms with Crippen LogP contribution in [0.15, 0.2) is 48.5 Å². The highest BCUT2D eigenvalue weighted by molar-refractivity contribution is 5.77. The van der Waals surface area contributed by atoms with Crippen molar-refractivity contribution in [3.05, 3.63) is 65.7 Å². The molecule has 5 nitrogen and oxygen atoms in total. The maximum absolute atomic E-state index is 13.3. The van der Waals surface area contributed by atoms with Gasteiger partial charge in [-0.15, -0.1) is 0 Å². The molecule has 1 aliphatic rings. The van der Waals surface area contributed by atoms with Crippen LogP contribution in [0.1, 0.15) is 30.7 Å². The van der Waals surface area contributed by atoms with Crippen molar-refractivity contribution >= 4 is 16.9 Å². The zero-order valence-corrected chi connectivity index (χ0v) is 16.8. The molecule has 1 atom stereocenters. The Kier molecular flexibility index (Phi) is 5.90. The molecule has 1 N–H and O–H groups in total. The average Bonchev–Trinajstić information content (AvgIpc) is 3.15. The lowest BCUT2D eigenvalue weighted by Gasteiger charge is -2.37. The summed E-state index contributed by atoms with van der Waals surface area (Å²) in [6.45, 7) is 2.48. The summed E-state index contributed by atoms with van der Waals surface area (Å²) in [5.74, 6) is 0.603. The SMILES string of the molecule is CN(Cc1ccccc1)[C@@H]1CCCN(C(=O)CCc2nc3ccc(F)cc3[nH]2)C1. The second kappa shape index (κ2) is 8.74. The van der Waals surface area contributed by atoms with Crippen LogP contribution >= 0.6 is 0 Å². The fraction of sp³-hybridized carbons (Fsp3) is 0.391. The van der Waals surface area contributed by atoms with Gasteiger partial charge in [0.05, 0.1) is 11.0 Å². The smallest absolute Gasteiger partial charge is 0.223 e. The van der Waals surface area contributed by atoms with E-state index < -0.39 is 0 Å². The Bertz CT molecular complexity index is 971. The molecule has 1 amide bonds. The van der Waals surface area contributed by atoms with E-state index in [4.69, 9.17) is 0 Å². The van der Waals surface area contributed by atoms with Crippen molar-refractivity contribution in [3.8, 4) is 0 Å². The highest BCUT2D eigenvalue weighted by Gasteiger charge is 2.26. The van der Waals surface area contributed by atoms with Crippen LogP contribution in [0.25, 0.3) is 11.0 Å². The van der Waals surface area contributed by atoms with E-state index >= 15 is 0 Å². The third kappa shape index (κ3) is 4.82. The number of imidazole rings is 1. The van der Waals surface area contributed by atoms with Crippen molar-refractivity contribution in [1.29, 1.82) is 0 Å². The number of aromatic amines is 1. The van der Waals surface area contributed by atoms with Crippen molar-refractivity contribution in [1.82, 2.24) is 19.8 Å². The van der Waals surface area contributed by atoms with Gasteiger partial charge in [-0.1, -0.05) is 30.3 Å². The number of hydrogen-bond acceptors (Lipinski definition) is 3. The minimum Gasteiger partial charge on any atom is -0.342 e. The van der Waals surface area contributed by atoms with Crippen LogP contribution in [-0.4, -0.2) is 51.9 Å². The van der Waals surface area contributed by atoms with Gasteiger partial charge in [0.15, 0.2) is 0 Å². The van der Waals surface area contributed by atoms with E-state index in [0.29, 0.717) is 24.4 Å². The van der Waals surface area contributed by atoms with Crippen LogP contribution in [0, 0.1) is 5.82 Å². The molecule has 0 spiro atoms. The fourth-order valence-corrected chi connectivity index (χ4v) is 4.08. The van der Waals surface area contributed by atoms with Crippen molar-refractivity contribution in [2.45, 2.75) is 38.3 Å². The standard InChI is InChI=1S/C23H27FN4O/c1-27(15-17-6-3-2-4-7-17)19-8-5-13-28(16-19)23(29)12-11-22-25-20-10-9-18(24)14-21(20)26-22/h2-4,6-7,9-10,14,19H,5,8,11-13,15-16H2,1H3,(H,25,26)/t19-/m1/s1. The number of benzene rings is 2. The number of carbonyl (C=O) groups excluding carboxylic acids is 1. The number of aryl methyl sites for hydroxylation is 1. The highest BCUT2D eigenvalue weighted by Crippen LogP contribution is 2.19. The molecular formula is C23H27FN4O. The largest absolute Gasteiger partial charge is 0.342 e. The summed E-state index contributed by atoms with van der Waals surface area (Å²) in [5, 5.41) is 0. The molecule has 6 heteroatoms. The van der Waals surface area contributed by atoms with Crippen LogP contribution in [0.5, 0.6) is 0 Å². The average molecular weight is 394 g/mol. The Morgan fingerprint density at radius 3 is 2.93 bits per heavy atom. The number of H-pyrrole nitrogens is 1. The van der Waals surface area contributed by atoms with Crippen molar-refractivity contribution < 1.29 is 9.18 Å². The molecule has 2 heterocycles. The number of carbonyl (C=O) groups is 1. The first-order valence-electron chi connectivity index (χ1n) is 10.2. The van der Waals surface area contributed by atoms with E-state index in [1.54, 1.807) is 6.07 Å². The number of piperidine rings is 1. The topological polar surface area (TPSA) is 52.2 Å². The first-order valence-corrected chi connectivity index (χ1v) is 10.2. The summed E-state index contributed by atoms with van der Waals surface area (Å²) in [6.07, 6.45) is 3.09. The summed E-state index contributed by atoms with van der Waals surface area (Å²) in [4.78, 5) is 24.7. The molecule has 3 aromatic rings. The van der Waals surface area contributed by atoms with E-state index in [2.05, 4.69) is 46.2 Å². The molecular weight excluding hydrogens is 367 g/mol. The normalized spacial score (nSPS) is 17.2. The number of likely N-dealkylation sites (N-methyl/N-ethyl adjacent to an activating group) is 1. The predicted octanol–water partition coefficient (Wildman–Crippen LogP) is 3.76. The molecule has 152 valence electrons. The molecule has 0 bridgehead atoms. The van der Waals surface area contributed by atoms with Gasteiger partial charge in [-0.3, -0.25) is 9.69 Å². The highest BCUT2D eigenvalue weighted by atomic mass is 19.1. The molecule has 1 fully saturated rings. The maximum atomic E-state index is 13.3. The van der Waals surface area contributed by atoms with Gasteiger partial charge in [0.1, 0.15) is 11.6 Å². The second-order valence-corrected chi connectivity index (χ2v) is 7.88. The number of rotatable bonds is 6. The lowest BCUT2D eigenvalue weighted by atomic mass is 10.0. The minimum absolute atomic E-state index is 0.162. The van der Waals surface area contributed by atoms with Crippen molar-refractivity contribution in [3.63, 3.8) is 0 Å². The summed E-state index contributed by atoms with van der Waals surface area (Å²) < 4.78 is 13.3. The zero-order chi connectivity index (χ0) is 20.2. The van der Waals surface area contributed by atoms with Crippen molar-refractivity contribution in [2.75, 3.05) is 20.1 Å². The number of likely N-dealkylation sites (tertiary alicyclic amines) is 1. The van der Waals surface area contributed by atoms with Crippen LogP contribution in [0.2, 0.25) is 0 Å². The number of hydrogen-bond donors (Lipinski definition) is 1. The molecule has 1 aliphatic heterocycles. The lowest BCUT2D eigenvalue weighted by Crippen LogP contribution is -2.48. The number of fused-ring (bicyclic) bond motifs is 1. The van der Waals surface area contributed by atoms with Gasteiger partial charge in [-0.05, 0) is 43.7 Å². The Morgan fingerprint density at radius 2 is 2.10 bits per heavy atom. The van der Waals surface area contributed by atoms with Gasteiger partial charge in [-0.2, -0.15) is 0 Å². The number of nitrogens with zero attached hydrogens (tertiary/aromatic N) is 3. The summed E-state index contributed by atoms with van der Waals surface area (Å²) in [5.41, 5.74) is 2.70. The van der Waals surface area contributed by atoms with Crippen LogP contribution in [0.3, 0.4) is 0 Å². The van der Waals surface area contributed by atoms with Gasteiger partial charge < -0.3 is 9.88 Å². The quantitative estimate of drug-likeness (QED) is 0.693. The van der Waals surface area contributed by atoms with Gasteiger partial charge in [0.2, 0.25) is 5.91 Å². The molecule has 0 aliphatic carbocycles. The number of aromatic nitrogens is 2. The van der Waals surface area contributed by atoms with Gasteiger partial charge >= 0.3 is 0 Å². The molecule has 0 unspecified atom stereocenters. The molecule has 2 aromatic carbocycles. The van der Waals surface area contributed by atoms with E-state index in [1.165, 1.54) is 17.7 Å². The molecule has 1 aromatic heterocycles. The first-order chi connectivity index (χ1) is 14.1. The van der Waals surface area contributed by atoms with Gasteiger partial charge in [-0.25, -0.2) is 9.37 Å². The summed E-state index contributed by atoms with van der Waals surface area (Å²) in [6, 6.07) is 15.3. The Labute approximate surface area is 170 Å². The summed E-state index contributed by atoms with van der Waals surface area (Å²) in [7, 11) is 2.14. The van der Waals surface area contributed by atoms with Crippen LogP contribution < -0.4 is 0 Å². The molecule has 0 radical (unpaired) electrons. The van der Waals surface area contributed by atoms with E-state index in [1.807, 2.05) is 11.0 Å². The van der Waals surface area contributed by atoms with E-state index in [-0.39, 0.29) is 11.7 Å². The van der Waals surface area contributed by atoms with E-state index in [9.17, 15) is 9.18 Å². The van der Waals surface area contributed by atoms with Gasteiger partial charge in [0, 0.05) is 38.5 Å². The fourth-order valence-electron chi connectivity index (χ4n) is 4.08. The van der Waals surface area contributed by atoms with Crippen molar-refractivity contribution in [2.24, 2.45) is 0 Å². The molecule has 1 saturated heterocycles. The minimum atomic E-state index is -0.289. The maximum Gasteiger partial charge on any atom is 0.223 e. The number of nitrogens with one attached hydrogen (secondary N) is 1. The van der Waals surface area contributed by atoms with E-state index in [0.717, 1.165) is 43.8 Å². The third-order valence-electron chi connectivity index (χ3n) is 5.72. The summed E-state index contributed by atoms with van der Waals surface area (Å²) >= 11 is 0. The lowest BCUT2D eigenvalue weighted by molar-refractivity contribution is -0.133. The predicted molar refractivity (Wildman–Crippen MR) is 112 cm³/mol. The number of halogens is 1. The monoisotopic (exact) mass is 394 g/mol. The Morgan fingerprint density at radius 1 is 1.28 bits per heavy atom. The zero-order valence-electron chi connectivity index (χ0n) is 16.8. The molecule has 0 saturated carbocycles. The second-order valence-electron chi connectivity index (χ2n) is 7.88. The third-order valence-corrected chi connectivity index (χ3v) is 5.72. The number of amides is 1. The van der Waals surface area contributed by atoms with Crippen LogP contribution in [-0.2, 0) is 17.8 Å². The van der Waals surface area contributed by atoms with Crippen LogP contribution in [0.4, 0.5) is 4.39 Å². The first kappa shape index (κ1) is 19.6. The molecule has 29 heavy (non-hydrogen) atoms. The Balaban J connectivity index is 1.32. The Hall–Kier alpha value is -2.73. The molecule has 4 rings (SSSR count). The van der Waals surface area contributed by atoms with Gasteiger partial charge in [0.25, 0.3) is 0 Å².